The van der Waals surface area contributed by atoms with Gasteiger partial charge in [-0.3, -0.25) is 4.79 Å². The molecule has 0 fully saturated rings. The highest BCUT2D eigenvalue weighted by molar-refractivity contribution is 6.22. The molecular formula is C11H12ClNO3. The third-order valence-corrected chi connectivity index (χ3v) is 2.54. The molecule has 86 valence electrons. The fourth-order valence-electron chi connectivity index (χ4n) is 1.31. The Morgan fingerprint density at radius 2 is 1.88 bits per heavy atom. The fourth-order valence-corrected chi connectivity index (χ4v) is 1.62. The van der Waals surface area contributed by atoms with Crippen LogP contribution in [0.1, 0.15) is 17.9 Å². The van der Waals surface area contributed by atoms with E-state index in [1.54, 1.807) is 30.3 Å². The summed E-state index contributed by atoms with van der Waals surface area (Å²) in [6.07, 6.45) is 0. The lowest BCUT2D eigenvalue weighted by atomic mass is 10.1. The van der Waals surface area contributed by atoms with Crippen LogP contribution in [0, 0.1) is 0 Å². The third kappa shape index (κ3) is 3.24. The molecule has 1 aromatic rings. The number of carbonyl (C=O) groups excluding carboxylic acids is 1. The van der Waals surface area contributed by atoms with Crippen molar-refractivity contribution in [2.45, 2.75) is 18.3 Å². The first-order valence-electron chi connectivity index (χ1n) is 4.71. The lowest BCUT2D eigenvalue weighted by molar-refractivity contribution is -0.141. The van der Waals surface area contributed by atoms with Gasteiger partial charge in [-0.1, -0.05) is 30.3 Å². The van der Waals surface area contributed by atoms with E-state index in [1.807, 2.05) is 0 Å². The van der Waals surface area contributed by atoms with Gasteiger partial charge in [-0.05, 0) is 5.56 Å². The molecule has 0 bridgehead atoms. The average Bonchev–Trinajstić information content (AvgIpc) is 2.25. The topological polar surface area (TPSA) is 66.4 Å². The van der Waals surface area contributed by atoms with E-state index in [0.29, 0.717) is 5.56 Å². The van der Waals surface area contributed by atoms with E-state index in [0.717, 1.165) is 0 Å². The first kappa shape index (κ1) is 12.5. The Balaban J connectivity index is 2.87. The van der Waals surface area contributed by atoms with Crippen LogP contribution in [0.15, 0.2) is 30.3 Å². The smallest absolute Gasteiger partial charge is 0.328 e. The number of nitrogens with one attached hydrogen (secondary N) is 1. The van der Waals surface area contributed by atoms with Gasteiger partial charge in [-0.15, -0.1) is 11.6 Å². The van der Waals surface area contributed by atoms with Crippen LogP contribution in [0.3, 0.4) is 0 Å². The third-order valence-electron chi connectivity index (χ3n) is 2.04. The number of carboxylic acid groups (broad SMARTS) is 1. The molecular weight excluding hydrogens is 230 g/mol. The van der Waals surface area contributed by atoms with E-state index in [2.05, 4.69) is 5.32 Å². The highest BCUT2D eigenvalue weighted by atomic mass is 35.5. The molecule has 0 saturated heterocycles. The minimum Gasteiger partial charge on any atom is -0.480 e. The lowest BCUT2D eigenvalue weighted by Crippen LogP contribution is -2.42. The zero-order chi connectivity index (χ0) is 12.1. The molecule has 1 rings (SSSR count). The van der Waals surface area contributed by atoms with Gasteiger partial charge in [0.15, 0.2) is 0 Å². The van der Waals surface area contributed by atoms with Gasteiger partial charge in [0, 0.05) is 6.92 Å². The van der Waals surface area contributed by atoms with E-state index in [-0.39, 0.29) is 0 Å². The Hall–Kier alpha value is -1.55. The predicted octanol–water partition coefficient (Wildman–Crippen LogP) is 1.56. The molecule has 4 nitrogen and oxygen atoms in total. The summed E-state index contributed by atoms with van der Waals surface area (Å²) in [5.74, 6) is -1.58. The standard InChI is InChI=1S/C11H12ClNO3/c1-7(14)13-10(11(15)16)9(12)8-5-3-2-4-6-8/h2-6,9-10H,1H3,(H,13,14)(H,15,16). The summed E-state index contributed by atoms with van der Waals surface area (Å²) in [7, 11) is 0. The molecule has 0 aliphatic carbocycles. The number of rotatable bonds is 4. The first-order valence-corrected chi connectivity index (χ1v) is 5.15. The summed E-state index contributed by atoms with van der Waals surface area (Å²) in [6, 6.07) is 7.64. The van der Waals surface area contributed by atoms with Crippen molar-refractivity contribution < 1.29 is 14.7 Å². The maximum atomic E-state index is 11.0. The lowest BCUT2D eigenvalue weighted by Gasteiger charge is -2.19. The van der Waals surface area contributed by atoms with Crippen LogP contribution in [0.4, 0.5) is 0 Å². The van der Waals surface area contributed by atoms with Gasteiger partial charge in [0.05, 0.1) is 5.38 Å². The van der Waals surface area contributed by atoms with Crippen molar-refractivity contribution >= 4 is 23.5 Å². The number of carbonyl (C=O) groups is 2. The van der Waals surface area contributed by atoms with Crippen LogP contribution in [0.25, 0.3) is 0 Å². The number of benzene rings is 1. The molecule has 0 aliphatic heterocycles. The molecule has 0 aliphatic rings. The molecule has 2 N–H and O–H groups in total. The number of hydrogen-bond acceptors (Lipinski definition) is 2. The Bertz CT molecular complexity index is 380. The highest BCUT2D eigenvalue weighted by Gasteiger charge is 2.28. The molecule has 5 heteroatoms. The quantitative estimate of drug-likeness (QED) is 0.786. The monoisotopic (exact) mass is 241 g/mol. The number of carboxylic acids is 1. The molecule has 0 heterocycles. The summed E-state index contributed by atoms with van der Waals surface area (Å²) in [5, 5.41) is 10.5. The fraction of sp³-hybridized carbons (Fsp3) is 0.273. The van der Waals surface area contributed by atoms with Crippen molar-refractivity contribution in [3.8, 4) is 0 Å². The summed E-state index contributed by atoms with van der Waals surface area (Å²) >= 11 is 6.02. The van der Waals surface area contributed by atoms with Gasteiger partial charge in [-0.2, -0.15) is 0 Å². The predicted molar refractivity (Wildman–Crippen MR) is 60.3 cm³/mol. The largest absolute Gasteiger partial charge is 0.480 e. The molecule has 2 unspecified atom stereocenters. The number of aliphatic carboxylic acids is 1. The van der Waals surface area contributed by atoms with E-state index < -0.39 is 23.3 Å². The second kappa shape index (κ2) is 5.51. The van der Waals surface area contributed by atoms with Gasteiger partial charge in [-0.25, -0.2) is 4.79 Å². The molecule has 0 radical (unpaired) electrons. The summed E-state index contributed by atoms with van der Waals surface area (Å²) < 4.78 is 0. The Morgan fingerprint density at radius 3 is 2.31 bits per heavy atom. The van der Waals surface area contributed by atoms with Gasteiger partial charge in [0.2, 0.25) is 5.91 Å². The number of amides is 1. The minimum absolute atomic E-state index is 0.422. The van der Waals surface area contributed by atoms with E-state index >= 15 is 0 Å². The van der Waals surface area contributed by atoms with Gasteiger partial charge in [0.25, 0.3) is 0 Å². The van der Waals surface area contributed by atoms with Crippen LogP contribution in [-0.4, -0.2) is 23.0 Å². The number of hydrogen-bond donors (Lipinski definition) is 2. The molecule has 16 heavy (non-hydrogen) atoms. The molecule has 1 amide bonds. The van der Waals surface area contributed by atoms with Crippen molar-refractivity contribution in [2.24, 2.45) is 0 Å². The van der Waals surface area contributed by atoms with Gasteiger partial charge < -0.3 is 10.4 Å². The number of alkyl halides is 1. The van der Waals surface area contributed by atoms with Crippen molar-refractivity contribution in [2.75, 3.05) is 0 Å². The second-order valence-corrected chi connectivity index (χ2v) is 3.80. The second-order valence-electron chi connectivity index (χ2n) is 3.33. The van der Waals surface area contributed by atoms with Crippen LogP contribution in [-0.2, 0) is 9.59 Å². The van der Waals surface area contributed by atoms with Crippen LogP contribution in [0.5, 0.6) is 0 Å². The SMILES string of the molecule is CC(=O)NC(C(=O)O)C(Cl)c1ccccc1. The highest BCUT2D eigenvalue weighted by Crippen LogP contribution is 2.24. The van der Waals surface area contributed by atoms with E-state index in [4.69, 9.17) is 16.7 Å². The van der Waals surface area contributed by atoms with Gasteiger partial charge >= 0.3 is 5.97 Å². The maximum Gasteiger partial charge on any atom is 0.328 e. The van der Waals surface area contributed by atoms with Crippen molar-refractivity contribution in [1.29, 1.82) is 0 Å². The molecule has 2 atom stereocenters. The summed E-state index contributed by atoms with van der Waals surface area (Å²) in [5.41, 5.74) is 0.658. The molecule has 0 aromatic heterocycles. The summed E-state index contributed by atoms with van der Waals surface area (Å²) in [6.45, 7) is 1.25. The van der Waals surface area contributed by atoms with Crippen LogP contribution in [0.2, 0.25) is 0 Å². The average molecular weight is 242 g/mol. The number of halogens is 1. The van der Waals surface area contributed by atoms with Crippen molar-refractivity contribution in [3.05, 3.63) is 35.9 Å². The zero-order valence-corrected chi connectivity index (χ0v) is 9.44. The normalized spacial score (nSPS) is 13.9. The minimum atomic E-state index is -1.15. The van der Waals surface area contributed by atoms with Gasteiger partial charge in [0.1, 0.15) is 6.04 Å². The molecule has 0 saturated carbocycles. The zero-order valence-electron chi connectivity index (χ0n) is 8.68. The van der Waals surface area contributed by atoms with Crippen molar-refractivity contribution in [3.63, 3.8) is 0 Å². The van der Waals surface area contributed by atoms with E-state index in [9.17, 15) is 9.59 Å². The van der Waals surface area contributed by atoms with Crippen LogP contribution < -0.4 is 5.32 Å². The Kier molecular flexibility index (Phi) is 4.31. The molecule has 0 spiro atoms. The Morgan fingerprint density at radius 1 is 1.31 bits per heavy atom. The van der Waals surface area contributed by atoms with E-state index in [1.165, 1.54) is 6.92 Å². The van der Waals surface area contributed by atoms with Crippen LogP contribution >= 0.6 is 11.6 Å². The molecule has 1 aromatic carbocycles. The first-order chi connectivity index (χ1) is 7.52. The Labute approximate surface area is 98.2 Å². The summed E-state index contributed by atoms with van der Waals surface area (Å²) in [4.78, 5) is 21.8. The maximum absolute atomic E-state index is 11.0. The van der Waals surface area contributed by atoms with Crippen molar-refractivity contribution in [1.82, 2.24) is 5.32 Å².